The van der Waals surface area contributed by atoms with Gasteiger partial charge < -0.3 is 15.4 Å². The Labute approximate surface area is 156 Å². The fourth-order valence-electron chi connectivity index (χ4n) is 3.16. The summed E-state index contributed by atoms with van der Waals surface area (Å²) >= 11 is 0. The van der Waals surface area contributed by atoms with Gasteiger partial charge in [0, 0.05) is 38.3 Å². The Hall–Kier alpha value is -1.80. The van der Waals surface area contributed by atoms with E-state index in [0.29, 0.717) is 32.2 Å². The summed E-state index contributed by atoms with van der Waals surface area (Å²) in [5.41, 5.74) is 2.21. The second-order valence-corrected chi connectivity index (χ2v) is 8.46. The van der Waals surface area contributed by atoms with Crippen LogP contribution in [0.1, 0.15) is 30.9 Å². The molecule has 1 atom stereocenters. The number of guanidine groups is 1. The summed E-state index contributed by atoms with van der Waals surface area (Å²) in [6, 6.07) is 6.10. The van der Waals surface area contributed by atoms with Gasteiger partial charge in [-0.05, 0) is 38.3 Å². The predicted molar refractivity (Wildman–Crippen MR) is 105 cm³/mol. The smallest absolute Gasteiger partial charge is 0.211 e. The van der Waals surface area contributed by atoms with Crippen molar-refractivity contribution in [1.29, 1.82) is 0 Å². The molecule has 0 spiro atoms. The van der Waals surface area contributed by atoms with Gasteiger partial charge in [-0.15, -0.1) is 0 Å². The zero-order chi connectivity index (χ0) is 19.2. The average Bonchev–Trinajstić information content (AvgIpc) is 3.06. The Balaban J connectivity index is 1.93. The largest absolute Gasteiger partial charge is 0.494 e. The van der Waals surface area contributed by atoms with Gasteiger partial charge in [0.1, 0.15) is 5.75 Å². The van der Waals surface area contributed by atoms with E-state index in [0.717, 1.165) is 29.7 Å². The van der Waals surface area contributed by atoms with Gasteiger partial charge in [-0.1, -0.05) is 12.1 Å². The first kappa shape index (κ1) is 20.5. The van der Waals surface area contributed by atoms with Crippen molar-refractivity contribution in [1.82, 2.24) is 14.9 Å². The lowest BCUT2D eigenvalue weighted by Gasteiger charge is -2.23. The molecular weight excluding hydrogens is 352 g/mol. The second kappa shape index (κ2) is 9.23. The van der Waals surface area contributed by atoms with Crippen molar-refractivity contribution in [2.75, 3.05) is 33.0 Å². The molecule has 1 saturated heterocycles. The Bertz CT molecular complexity index is 734. The number of aryl methyl sites for hydroxylation is 1. The van der Waals surface area contributed by atoms with Crippen molar-refractivity contribution in [3.8, 4) is 5.75 Å². The molecule has 0 unspecified atom stereocenters. The van der Waals surface area contributed by atoms with Crippen LogP contribution in [0.5, 0.6) is 5.75 Å². The zero-order valence-electron chi connectivity index (χ0n) is 16.1. The van der Waals surface area contributed by atoms with Crippen molar-refractivity contribution >= 4 is 16.0 Å². The van der Waals surface area contributed by atoms with Crippen molar-refractivity contribution in [2.24, 2.45) is 4.99 Å². The predicted octanol–water partition coefficient (Wildman–Crippen LogP) is 1.48. The molecule has 0 amide bonds. The standard InChI is InChI=1S/C18H30N4O3S/c1-5-25-17-11-14(2)8-9-15(17)12-20-18(19-3)21-13-16-7-6-10-22(16)26(4,23)24/h8-9,11,16H,5-7,10,12-13H2,1-4H3,(H2,19,20,21)/t16-/m1/s1. The molecule has 0 aliphatic carbocycles. The summed E-state index contributed by atoms with van der Waals surface area (Å²) in [6.07, 6.45) is 3.03. The van der Waals surface area contributed by atoms with Gasteiger partial charge in [-0.3, -0.25) is 4.99 Å². The first-order valence-corrected chi connectivity index (χ1v) is 10.8. The number of nitrogens with one attached hydrogen (secondary N) is 2. The maximum atomic E-state index is 11.8. The summed E-state index contributed by atoms with van der Waals surface area (Å²) in [4.78, 5) is 4.23. The number of aliphatic imine (C=N–C) groups is 1. The third-order valence-corrected chi connectivity index (χ3v) is 5.78. The molecule has 1 aromatic carbocycles. The number of benzene rings is 1. The lowest BCUT2D eigenvalue weighted by atomic mass is 10.1. The summed E-state index contributed by atoms with van der Waals surface area (Å²) in [5.74, 6) is 1.52. The normalized spacial score (nSPS) is 18.8. The maximum absolute atomic E-state index is 11.8. The van der Waals surface area contributed by atoms with Gasteiger partial charge >= 0.3 is 0 Å². The molecule has 2 rings (SSSR count). The molecule has 0 bridgehead atoms. The Kier molecular flexibility index (Phi) is 7.28. The SMILES string of the molecule is CCOc1cc(C)ccc1CNC(=NC)NC[C@H]1CCCN1S(C)(=O)=O. The monoisotopic (exact) mass is 382 g/mol. The molecule has 8 heteroatoms. The van der Waals surface area contributed by atoms with Crippen LogP contribution < -0.4 is 15.4 Å². The molecule has 26 heavy (non-hydrogen) atoms. The van der Waals surface area contributed by atoms with Crippen LogP contribution in [0, 0.1) is 6.92 Å². The number of rotatable bonds is 7. The van der Waals surface area contributed by atoms with Crippen LogP contribution in [0.2, 0.25) is 0 Å². The van der Waals surface area contributed by atoms with E-state index in [1.165, 1.54) is 6.26 Å². The average molecular weight is 383 g/mol. The van der Waals surface area contributed by atoms with Crippen LogP contribution in [-0.2, 0) is 16.6 Å². The van der Waals surface area contributed by atoms with Crippen LogP contribution in [0.4, 0.5) is 0 Å². The number of hydrogen-bond acceptors (Lipinski definition) is 4. The number of sulfonamides is 1. The summed E-state index contributed by atoms with van der Waals surface area (Å²) in [5, 5.41) is 6.51. The minimum Gasteiger partial charge on any atom is -0.494 e. The Morgan fingerprint density at radius 3 is 2.81 bits per heavy atom. The highest BCUT2D eigenvalue weighted by Gasteiger charge is 2.31. The molecule has 7 nitrogen and oxygen atoms in total. The van der Waals surface area contributed by atoms with E-state index in [4.69, 9.17) is 4.74 Å². The van der Waals surface area contributed by atoms with Crippen LogP contribution in [0.3, 0.4) is 0 Å². The zero-order valence-corrected chi connectivity index (χ0v) is 16.9. The van der Waals surface area contributed by atoms with Crippen LogP contribution in [0.25, 0.3) is 0 Å². The molecule has 0 aromatic heterocycles. The first-order valence-electron chi connectivity index (χ1n) is 8.98. The van der Waals surface area contributed by atoms with Gasteiger partial charge in [0.05, 0.1) is 12.9 Å². The van der Waals surface area contributed by atoms with Crippen LogP contribution in [0.15, 0.2) is 23.2 Å². The molecule has 1 aliphatic heterocycles. The maximum Gasteiger partial charge on any atom is 0.211 e. The fraction of sp³-hybridized carbons (Fsp3) is 0.611. The quantitative estimate of drug-likeness (QED) is 0.551. The third kappa shape index (κ3) is 5.60. The van der Waals surface area contributed by atoms with Crippen molar-refractivity contribution in [2.45, 2.75) is 39.3 Å². The highest BCUT2D eigenvalue weighted by molar-refractivity contribution is 7.88. The van der Waals surface area contributed by atoms with E-state index < -0.39 is 10.0 Å². The molecule has 1 aromatic rings. The van der Waals surface area contributed by atoms with E-state index in [-0.39, 0.29) is 6.04 Å². The van der Waals surface area contributed by atoms with Gasteiger partial charge in [0.15, 0.2) is 5.96 Å². The number of nitrogens with zero attached hydrogens (tertiary/aromatic N) is 2. The number of hydrogen-bond donors (Lipinski definition) is 2. The van der Waals surface area contributed by atoms with Crippen LogP contribution >= 0.6 is 0 Å². The molecule has 1 aliphatic rings. The summed E-state index contributed by atoms with van der Waals surface area (Å²) in [6.45, 7) is 6.34. The van der Waals surface area contributed by atoms with Crippen molar-refractivity contribution in [3.63, 3.8) is 0 Å². The second-order valence-electron chi connectivity index (χ2n) is 6.52. The minimum absolute atomic E-state index is 0.0260. The molecule has 0 saturated carbocycles. The van der Waals surface area contributed by atoms with Gasteiger partial charge in [-0.25, -0.2) is 8.42 Å². The van der Waals surface area contributed by atoms with E-state index in [1.807, 2.05) is 26.0 Å². The lowest BCUT2D eigenvalue weighted by Crippen LogP contribution is -2.46. The molecule has 1 heterocycles. The number of ether oxygens (including phenoxy) is 1. The van der Waals surface area contributed by atoms with E-state index in [1.54, 1.807) is 11.4 Å². The highest BCUT2D eigenvalue weighted by Crippen LogP contribution is 2.21. The summed E-state index contributed by atoms with van der Waals surface area (Å²) < 4.78 is 30.9. The molecule has 146 valence electrons. The van der Waals surface area contributed by atoms with E-state index in [9.17, 15) is 8.42 Å². The van der Waals surface area contributed by atoms with Crippen molar-refractivity contribution < 1.29 is 13.2 Å². The molecular formula is C18H30N4O3S. The lowest BCUT2D eigenvalue weighted by molar-refractivity contribution is 0.336. The highest BCUT2D eigenvalue weighted by atomic mass is 32.2. The van der Waals surface area contributed by atoms with Gasteiger partial charge in [-0.2, -0.15) is 4.31 Å². The topological polar surface area (TPSA) is 83.0 Å². The van der Waals surface area contributed by atoms with Crippen LogP contribution in [-0.4, -0.2) is 57.7 Å². The van der Waals surface area contributed by atoms with Gasteiger partial charge in [0.2, 0.25) is 10.0 Å². The molecule has 1 fully saturated rings. The molecule has 0 radical (unpaired) electrons. The van der Waals surface area contributed by atoms with E-state index in [2.05, 4.69) is 21.7 Å². The van der Waals surface area contributed by atoms with E-state index >= 15 is 0 Å². The fourth-order valence-corrected chi connectivity index (χ4v) is 4.34. The summed E-state index contributed by atoms with van der Waals surface area (Å²) in [7, 11) is -1.46. The Morgan fingerprint density at radius 1 is 1.38 bits per heavy atom. The Morgan fingerprint density at radius 2 is 2.15 bits per heavy atom. The third-order valence-electron chi connectivity index (χ3n) is 4.45. The van der Waals surface area contributed by atoms with Crippen molar-refractivity contribution in [3.05, 3.63) is 29.3 Å². The molecule has 2 N–H and O–H groups in total. The minimum atomic E-state index is -3.16. The van der Waals surface area contributed by atoms with Gasteiger partial charge in [0.25, 0.3) is 0 Å². The first-order chi connectivity index (χ1) is 12.3.